The Morgan fingerprint density at radius 1 is 1.46 bits per heavy atom. The van der Waals surface area contributed by atoms with Crippen LogP contribution < -0.4 is 5.73 Å². The molecule has 0 amide bonds. The summed E-state index contributed by atoms with van der Waals surface area (Å²) in [6, 6.07) is 0.298. The molecule has 1 aromatic heterocycles. The van der Waals surface area contributed by atoms with Gasteiger partial charge in [-0.05, 0) is 19.8 Å². The van der Waals surface area contributed by atoms with Crippen LogP contribution in [0.25, 0.3) is 0 Å². The molecule has 0 radical (unpaired) electrons. The molecule has 0 fully saturated rings. The van der Waals surface area contributed by atoms with Crippen LogP contribution in [-0.2, 0) is 6.42 Å². The maximum atomic E-state index is 5.63. The van der Waals surface area contributed by atoms with E-state index in [1.165, 1.54) is 0 Å². The predicted octanol–water partition coefficient (Wildman–Crippen LogP) is 1.44. The molecule has 4 nitrogen and oxygen atoms in total. The fourth-order valence-electron chi connectivity index (χ4n) is 1.19. The summed E-state index contributed by atoms with van der Waals surface area (Å²) in [5.74, 6) is 1.45. The first kappa shape index (κ1) is 10.2. The average molecular weight is 183 g/mol. The van der Waals surface area contributed by atoms with E-state index < -0.39 is 0 Å². The fraction of sp³-hybridized carbons (Fsp3) is 0.778. The lowest BCUT2D eigenvalue weighted by atomic mass is 10.1. The second-order valence-electron chi connectivity index (χ2n) is 3.45. The summed E-state index contributed by atoms with van der Waals surface area (Å²) in [5, 5.41) is 3.82. The Morgan fingerprint density at radius 2 is 2.23 bits per heavy atom. The van der Waals surface area contributed by atoms with Crippen molar-refractivity contribution in [2.45, 2.75) is 45.6 Å². The van der Waals surface area contributed by atoms with Crippen molar-refractivity contribution in [3.05, 3.63) is 11.7 Å². The van der Waals surface area contributed by atoms with Gasteiger partial charge in [-0.25, -0.2) is 0 Å². The third-order valence-electron chi connectivity index (χ3n) is 1.88. The molecule has 0 saturated carbocycles. The molecule has 1 heterocycles. The fourth-order valence-corrected chi connectivity index (χ4v) is 1.19. The minimum atomic E-state index is 0.298. The van der Waals surface area contributed by atoms with Crippen LogP contribution in [0.15, 0.2) is 4.52 Å². The first-order valence-corrected chi connectivity index (χ1v) is 4.73. The van der Waals surface area contributed by atoms with Gasteiger partial charge in [0.25, 0.3) is 0 Å². The van der Waals surface area contributed by atoms with E-state index >= 15 is 0 Å². The molecule has 1 rings (SSSR count). The number of nitrogens with two attached hydrogens (primary N) is 1. The molecule has 0 saturated heterocycles. The van der Waals surface area contributed by atoms with E-state index in [0.717, 1.165) is 31.5 Å². The smallest absolute Gasteiger partial charge is 0.223 e. The zero-order chi connectivity index (χ0) is 9.68. The number of nitrogens with zero attached hydrogens (tertiary/aromatic N) is 2. The molecule has 0 spiro atoms. The lowest BCUT2D eigenvalue weighted by molar-refractivity contribution is 0.386. The number of aryl methyl sites for hydroxylation is 2. The van der Waals surface area contributed by atoms with Gasteiger partial charge < -0.3 is 10.3 Å². The predicted molar refractivity (Wildman–Crippen MR) is 50.2 cm³/mol. The van der Waals surface area contributed by atoms with E-state index in [4.69, 9.17) is 10.3 Å². The van der Waals surface area contributed by atoms with Crippen molar-refractivity contribution in [1.82, 2.24) is 10.1 Å². The monoisotopic (exact) mass is 183 g/mol. The van der Waals surface area contributed by atoms with Crippen LogP contribution in [0, 0.1) is 6.92 Å². The van der Waals surface area contributed by atoms with Gasteiger partial charge in [-0.2, -0.15) is 4.98 Å². The minimum Gasteiger partial charge on any atom is -0.340 e. The SMILES string of the molecule is Cc1nc(CCCCC(C)N)no1. The van der Waals surface area contributed by atoms with Crippen molar-refractivity contribution in [2.75, 3.05) is 0 Å². The molecule has 0 bridgehead atoms. The van der Waals surface area contributed by atoms with E-state index in [-0.39, 0.29) is 0 Å². The van der Waals surface area contributed by atoms with E-state index in [9.17, 15) is 0 Å². The summed E-state index contributed by atoms with van der Waals surface area (Å²) in [7, 11) is 0. The standard InChI is InChI=1S/C9H17N3O/c1-7(10)5-3-4-6-9-11-8(2)13-12-9/h7H,3-6,10H2,1-2H3. The highest BCUT2D eigenvalue weighted by atomic mass is 16.5. The molecule has 74 valence electrons. The molecule has 0 aliphatic rings. The minimum absolute atomic E-state index is 0.298. The zero-order valence-electron chi connectivity index (χ0n) is 8.29. The van der Waals surface area contributed by atoms with Gasteiger partial charge in [0.15, 0.2) is 5.82 Å². The van der Waals surface area contributed by atoms with Gasteiger partial charge in [-0.15, -0.1) is 0 Å². The Morgan fingerprint density at radius 3 is 2.77 bits per heavy atom. The highest BCUT2D eigenvalue weighted by Gasteiger charge is 2.01. The highest BCUT2D eigenvalue weighted by Crippen LogP contribution is 2.04. The topological polar surface area (TPSA) is 64.9 Å². The van der Waals surface area contributed by atoms with Gasteiger partial charge in [0.2, 0.25) is 5.89 Å². The Bertz CT molecular complexity index is 245. The molecular weight excluding hydrogens is 166 g/mol. The first-order chi connectivity index (χ1) is 6.18. The Kier molecular flexibility index (Phi) is 3.89. The molecule has 13 heavy (non-hydrogen) atoms. The zero-order valence-corrected chi connectivity index (χ0v) is 8.29. The number of aromatic nitrogens is 2. The molecule has 0 aromatic carbocycles. The number of rotatable bonds is 5. The van der Waals surface area contributed by atoms with Gasteiger partial charge in [-0.1, -0.05) is 11.6 Å². The van der Waals surface area contributed by atoms with Crippen molar-refractivity contribution in [3.63, 3.8) is 0 Å². The summed E-state index contributed by atoms with van der Waals surface area (Å²) >= 11 is 0. The summed E-state index contributed by atoms with van der Waals surface area (Å²) in [5.41, 5.74) is 5.63. The van der Waals surface area contributed by atoms with E-state index in [0.29, 0.717) is 11.9 Å². The summed E-state index contributed by atoms with van der Waals surface area (Å²) < 4.78 is 4.86. The summed E-state index contributed by atoms with van der Waals surface area (Å²) in [6.07, 6.45) is 4.17. The third-order valence-corrected chi connectivity index (χ3v) is 1.88. The largest absolute Gasteiger partial charge is 0.340 e. The van der Waals surface area contributed by atoms with E-state index in [1.807, 2.05) is 6.92 Å². The van der Waals surface area contributed by atoms with E-state index in [2.05, 4.69) is 10.1 Å². The number of hydrogen-bond acceptors (Lipinski definition) is 4. The number of unbranched alkanes of at least 4 members (excludes halogenated alkanes) is 1. The molecule has 0 aliphatic heterocycles. The lowest BCUT2D eigenvalue weighted by Gasteiger charge is -2.01. The second-order valence-corrected chi connectivity index (χ2v) is 3.45. The molecular formula is C9H17N3O. The third kappa shape index (κ3) is 4.03. The Labute approximate surface area is 78.5 Å². The van der Waals surface area contributed by atoms with Crippen molar-refractivity contribution in [2.24, 2.45) is 5.73 Å². The normalized spacial score (nSPS) is 13.2. The van der Waals surface area contributed by atoms with Crippen LogP contribution in [0.4, 0.5) is 0 Å². The van der Waals surface area contributed by atoms with Crippen molar-refractivity contribution < 1.29 is 4.52 Å². The van der Waals surface area contributed by atoms with Crippen LogP contribution in [0.5, 0.6) is 0 Å². The van der Waals surface area contributed by atoms with Gasteiger partial charge in [0.05, 0.1) is 0 Å². The molecule has 2 N–H and O–H groups in total. The molecule has 1 unspecified atom stereocenters. The number of hydrogen-bond donors (Lipinski definition) is 1. The lowest BCUT2D eigenvalue weighted by Crippen LogP contribution is -2.14. The van der Waals surface area contributed by atoms with Crippen molar-refractivity contribution in [1.29, 1.82) is 0 Å². The van der Waals surface area contributed by atoms with Crippen LogP contribution >= 0.6 is 0 Å². The van der Waals surface area contributed by atoms with Crippen molar-refractivity contribution >= 4 is 0 Å². The molecule has 0 aliphatic carbocycles. The maximum Gasteiger partial charge on any atom is 0.223 e. The van der Waals surface area contributed by atoms with Crippen LogP contribution in [-0.4, -0.2) is 16.2 Å². The molecule has 4 heteroatoms. The quantitative estimate of drug-likeness (QED) is 0.701. The van der Waals surface area contributed by atoms with Gasteiger partial charge in [-0.3, -0.25) is 0 Å². The average Bonchev–Trinajstić information content (AvgIpc) is 2.45. The Balaban J connectivity index is 2.13. The van der Waals surface area contributed by atoms with Crippen LogP contribution in [0.2, 0.25) is 0 Å². The van der Waals surface area contributed by atoms with Crippen LogP contribution in [0.3, 0.4) is 0 Å². The van der Waals surface area contributed by atoms with Gasteiger partial charge >= 0.3 is 0 Å². The molecule has 1 aromatic rings. The van der Waals surface area contributed by atoms with Crippen molar-refractivity contribution in [3.8, 4) is 0 Å². The maximum absolute atomic E-state index is 5.63. The van der Waals surface area contributed by atoms with Gasteiger partial charge in [0.1, 0.15) is 0 Å². The Hall–Kier alpha value is -0.900. The summed E-state index contributed by atoms with van der Waals surface area (Å²) in [6.45, 7) is 3.83. The summed E-state index contributed by atoms with van der Waals surface area (Å²) in [4.78, 5) is 4.12. The second kappa shape index (κ2) is 4.97. The molecule has 1 atom stereocenters. The first-order valence-electron chi connectivity index (χ1n) is 4.73. The highest BCUT2D eigenvalue weighted by molar-refractivity contribution is 4.83. The van der Waals surface area contributed by atoms with Gasteiger partial charge in [0, 0.05) is 19.4 Å². The van der Waals surface area contributed by atoms with E-state index in [1.54, 1.807) is 6.92 Å². The van der Waals surface area contributed by atoms with Crippen LogP contribution in [0.1, 0.15) is 37.9 Å².